The van der Waals surface area contributed by atoms with E-state index in [-0.39, 0.29) is 42.2 Å². The van der Waals surface area contributed by atoms with Crippen LogP contribution in [0.1, 0.15) is 66.4 Å². The first-order valence-corrected chi connectivity index (χ1v) is 11.8. The predicted molar refractivity (Wildman–Crippen MR) is 130 cm³/mol. The summed E-state index contributed by atoms with van der Waals surface area (Å²) in [6.07, 6.45) is 1.98. The Balaban J connectivity index is 1.67. The van der Waals surface area contributed by atoms with Gasteiger partial charge >= 0.3 is 5.97 Å². The van der Waals surface area contributed by atoms with Crippen LogP contribution in [0.25, 0.3) is 0 Å². The Bertz CT molecular complexity index is 1050. The van der Waals surface area contributed by atoms with Crippen LogP contribution in [0.2, 0.25) is 0 Å². The maximum atomic E-state index is 12.5. The molecule has 2 amide bonds. The fourth-order valence-electron chi connectivity index (χ4n) is 4.15. The normalized spacial score (nSPS) is 17.3. The molecule has 0 bridgehead atoms. The number of rotatable bonds is 9. The lowest BCUT2D eigenvalue weighted by Crippen LogP contribution is -2.37. The van der Waals surface area contributed by atoms with Gasteiger partial charge in [-0.05, 0) is 57.0 Å². The molecule has 2 heterocycles. The van der Waals surface area contributed by atoms with E-state index in [1.165, 1.54) is 25.3 Å². The molecule has 9 nitrogen and oxygen atoms in total. The molecule has 2 atom stereocenters. The number of hydrogen-bond acceptors (Lipinski definition) is 7. The minimum Gasteiger partial charge on any atom is -0.493 e. The Hall–Kier alpha value is -3.62. The molecule has 3 rings (SSSR count). The monoisotopic (exact) mass is 483 g/mol. The minimum absolute atomic E-state index is 0.00712. The van der Waals surface area contributed by atoms with E-state index in [0.717, 1.165) is 5.56 Å². The number of benzene rings is 1. The summed E-state index contributed by atoms with van der Waals surface area (Å²) in [5, 5.41) is 2.68. The lowest BCUT2D eigenvalue weighted by molar-refractivity contribution is -0.130. The molecular weight excluding hydrogens is 450 g/mol. The quantitative estimate of drug-likeness (QED) is 0.546. The zero-order valence-electron chi connectivity index (χ0n) is 20.9. The third-order valence-corrected chi connectivity index (χ3v) is 5.82. The number of nitrogens with one attached hydrogen (secondary N) is 1. The van der Waals surface area contributed by atoms with Crippen molar-refractivity contribution >= 4 is 17.8 Å². The number of likely N-dealkylation sites (tertiary alicyclic amines) is 1. The number of carbonyl (C=O) groups is 3. The Kier molecular flexibility index (Phi) is 8.68. The molecule has 1 aromatic heterocycles. The summed E-state index contributed by atoms with van der Waals surface area (Å²) < 4.78 is 16.8. The minimum atomic E-state index is -0.600. The van der Waals surface area contributed by atoms with E-state index >= 15 is 0 Å². The topological polar surface area (TPSA) is 107 Å². The molecular formula is C26H33N3O6. The van der Waals surface area contributed by atoms with Gasteiger partial charge in [-0.15, -0.1) is 0 Å². The number of pyridine rings is 1. The van der Waals surface area contributed by atoms with Gasteiger partial charge < -0.3 is 24.4 Å². The third-order valence-electron chi connectivity index (χ3n) is 5.82. The van der Waals surface area contributed by atoms with Gasteiger partial charge in [0.2, 0.25) is 5.91 Å². The molecule has 1 fully saturated rings. The van der Waals surface area contributed by atoms with Gasteiger partial charge in [-0.3, -0.25) is 9.59 Å². The largest absolute Gasteiger partial charge is 0.493 e. The van der Waals surface area contributed by atoms with Crippen LogP contribution >= 0.6 is 0 Å². The number of methoxy groups -OCH3 is 1. The molecule has 9 heteroatoms. The van der Waals surface area contributed by atoms with Crippen molar-refractivity contribution in [1.29, 1.82) is 0 Å². The third kappa shape index (κ3) is 6.49. The van der Waals surface area contributed by atoms with E-state index in [0.29, 0.717) is 36.6 Å². The van der Waals surface area contributed by atoms with Crippen molar-refractivity contribution in [1.82, 2.24) is 15.2 Å². The maximum Gasteiger partial charge on any atom is 0.356 e. The highest BCUT2D eigenvalue weighted by Gasteiger charge is 2.36. The number of ether oxygens (including phenoxy) is 3. The lowest BCUT2D eigenvalue weighted by Gasteiger charge is -2.22. The first kappa shape index (κ1) is 26.0. The van der Waals surface area contributed by atoms with Crippen molar-refractivity contribution in [3.8, 4) is 11.5 Å². The van der Waals surface area contributed by atoms with Gasteiger partial charge in [-0.1, -0.05) is 6.07 Å². The SMILES string of the molecule is CCNC(=O)c1ccc(C(=O)OC[C@H]2C[C@@H](c3ccc(OC)c(OC(C)C)c3)CN2C(C)=O)nc1. The first-order valence-electron chi connectivity index (χ1n) is 11.8. The summed E-state index contributed by atoms with van der Waals surface area (Å²) in [4.78, 5) is 42.5. The number of nitrogens with zero attached hydrogens (tertiary/aromatic N) is 2. The number of hydrogen-bond donors (Lipinski definition) is 1. The molecule has 1 aliphatic rings. The Labute approximate surface area is 205 Å². The van der Waals surface area contributed by atoms with Crippen molar-refractivity contribution in [2.45, 2.75) is 52.2 Å². The fraction of sp³-hybridized carbons (Fsp3) is 0.462. The van der Waals surface area contributed by atoms with Crippen molar-refractivity contribution < 1.29 is 28.6 Å². The molecule has 0 aliphatic carbocycles. The highest BCUT2D eigenvalue weighted by molar-refractivity contribution is 5.95. The van der Waals surface area contributed by atoms with Crippen molar-refractivity contribution in [3.05, 3.63) is 53.3 Å². The van der Waals surface area contributed by atoms with Crippen LogP contribution in [0.4, 0.5) is 0 Å². The standard InChI is InChI=1S/C26H33N3O6/c1-6-27-25(31)19-7-9-22(28-13-19)26(32)34-15-21-11-20(14-29(21)17(4)30)18-8-10-23(33-5)24(12-18)35-16(2)3/h7-10,12-13,16,20-21H,6,11,14-15H2,1-5H3,(H,27,31)/t20-,21-/m1/s1. The summed E-state index contributed by atoms with van der Waals surface area (Å²) in [5.74, 6) is 0.444. The Morgan fingerprint density at radius 1 is 1.17 bits per heavy atom. The zero-order chi connectivity index (χ0) is 25.5. The van der Waals surface area contributed by atoms with Gasteiger partial charge in [0.1, 0.15) is 12.3 Å². The fourth-order valence-corrected chi connectivity index (χ4v) is 4.15. The molecule has 0 radical (unpaired) electrons. The first-order chi connectivity index (χ1) is 16.7. The van der Waals surface area contributed by atoms with Crippen LogP contribution in [0.15, 0.2) is 36.5 Å². The molecule has 188 valence electrons. The summed E-state index contributed by atoms with van der Waals surface area (Å²) in [7, 11) is 1.60. The van der Waals surface area contributed by atoms with E-state index in [4.69, 9.17) is 14.2 Å². The number of aromatic nitrogens is 1. The van der Waals surface area contributed by atoms with Gasteiger partial charge in [-0.25, -0.2) is 9.78 Å². The second-order valence-electron chi connectivity index (χ2n) is 8.72. The van der Waals surface area contributed by atoms with Crippen molar-refractivity contribution in [2.24, 2.45) is 0 Å². The predicted octanol–water partition coefficient (Wildman–Crippen LogP) is 3.19. The Morgan fingerprint density at radius 2 is 1.94 bits per heavy atom. The Morgan fingerprint density at radius 3 is 2.54 bits per heavy atom. The molecule has 0 unspecified atom stereocenters. The summed E-state index contributed by atoms with van der Waals surface area (Å²) >= 11 is 0. The molecule has 1 aromatic carbocycles. The van der Waals surface area contributed by atoms with Crippen molar-refractivity contribution in [2.75, 3.05) is 26.8 Å². The van der Waals surface area contributed by atoms with Crippen molar-refractivity contribution in [3.63, 3.8) is 0 Å². The van der Waals surface area contributed by atoms with Crippen LogP contribution < -0.4 is 14.8 Å². The highest BCUT2D eigenvalue weighted by atomic mass is 16.5. The highest BCUT2D eigenvalue weighted by Crippen LogP contribution is 2.37. The van der Waals surface area contributed by atoms with Gasteiger partial charge in [0, 0.05) is 32.1 Å². The molecule has 35 heavy (non-hydrogen) atoms. The van der Waals surface area contributed by atoms with E-state index in [9.17, 15) is 14.4 Å². The van der Waals surface area contributed by atoms with E-state index in [1.54, 1.807) is 12.0 Å². The summed E-state index contributed by atoms with van der Waals surface area (Å²) in [5.41, 5.74) is 1.50. The number of carbonyl (C=O) groups excluding carboxylic acids is 3. The lowest BCUT2D eigenvalue weighted by atomic mass is 9.96. The summed E-state index contributed by atoms with van der Waals surface area (Å²) in [6, 6.07) is 8.53. The van der Waals surface area contributed by atoms with E-state index in [2.05, 4.69) is 10.3 Å². The number of esters is 1. The van der Waals surface area contributed by atoms with Gasteiger partial charge in [0.25, 0.3) is 5.91 Å². The molecule has 1 aliphatic heterocycles. The van der Waals surface area contributed by atoms with E-state index in [1.807, 2.05) is 39.0 Å². The van der Waals surface area contributed by atoms with Crippen LogP contribution in [0.3, 0.4) is 0 Å². The zero-order valence-corrected chi connectivity index (χ0v) is 20.9. The average Bonchev–Trinajstić information content (AvgIpc) is 3.27. The molecule has 0 saturated carbocycles. The molecule has 2 aromatic rings. The number of amides is 2. The molecule has 1 N–H and O–H groups in total. The van der Waals surface area contributed by atoms with Gasteiger partial charge in [0.15, 0.2) is 11.5 Å². The van der Waals surface area contributed by atoms with Gasteiger partial charge in [-0.2, -0.15) is 0 Å². The van der Waals surface area contributed by atoms with Crippen LogP contribution in [-0.4, -0.2) is 66.6 Å². The smallest absolute Gasteiger partial charge is 0.356 e. The van der Waals surface area contributed by atoms with Crippen LogP contribution in [0.5, 0.6) is 11.5 Å². The second-order valence-corrected chi connectivity index (χ2v) is 8.72. The van der Waals surface area contributed by atoms with Crippen LogP contribution in [-0.2, 0) is 9.53 Å². The van der Waals surface area contributed by atoms with Crippen LogP contribution in [0, 0.1) is 0 Å². The maximum absolute atomic E-state index is 12.5. The molecule has 1 saturated heterocycles. The van der Waals surface area contributed by atoms with Gasteiger partial charge in [0.05, 0.1) is 24.8 Å². The average molecular weight is 484 g/mol. The second kappa shape index (κ2) is 11.7. The van der Waals surface area contributed by atoms with E-state index < -0.39 is 5.97 Å². The summed E-state index contributed by atoms with van der Waals surface area (Å²) in [6.45, 7) is 8.31. The molecule has 0 spiro atoms.